The predicted molar refractivity (Wildman–Crippen MR) is 66.3 cm³/mol. The summed E-state index contributed by atoms with van der Waals surface area (Å²) in [5.74, 6) is -0.561. The predicted octanol–water partition coefficient (Wildman–Crippen LogP) is 2.00. The lowest BCUT2D eigenvalue weighted by Gasteiger charge is -2.19. The minimum atomic E-state index is -0.842. The Hall–Kier alpha value is -1.62. The van der Waals surface area contributed by atoms with E-state index in [9.17, 15) is 9.18 Å². The molecule has 0 bridgehead atoms. The van der Waals surface area contributed by atoms with Crippen LogP contribution in [-0.4, -0.2) is 42.2 Å². The summed E-state index contributed by atoms with van der Waals surface area (Å²) in [5, 5.41) is 8.73. The molecule has 0 saturated carbocycles. The van der Waals surface area contributed by atoms with Gasteiger partial charge in [0.05, 0.1) is 6.54 Å². The molecular weight excluding hydrogens is 237 g/mol. The van der Waals surface area contributed by atoms with Gasteiger partial charge in [-0.15, -0.1) is 0 Å². The minimum absolute atomic E-state index is 0.0145. The molecule has 5 heteroatoms. The van der Waals surface area contributed by atoms with E-state index in [-0.39, 0.29) is 12.4 Å². The highest BCUT2D eigenvalue weighted by molar-refractivity contribution is 5.69. The van der Waals surface area contributed by atoms with E-state index in [1.54, 1.807) is 12.1 Å². The molecule has 0 fully saturated rings. The molecule has 0 aliphatic carbocycles. The third kappa shape index (κ3) is 5.63. The van der Waals surface area contributed by atoms with Gasteiger partial charge in [-0.2, -0.15) is 0 Å². The Labute approximate surface area is 106 Å². The molecule has 0 unspecified atom stereocenters. The Morgan fingerprint density at radius 1 is 1.33 bits per heavy atom. The Balaban J connectivity index is 2.33. The summed E-state index contributed by atoms with van der Waals surface area (Å²) in [7, 11) is 0. The van der Waals surface area contributed by atoms with Crippen LogP contribution in [0.2, 0.25) is 0 Å². The molecule has 0 atom stereocenters. The fourth-order valence-corrected chi connectivity index (χ4v) is 1.60. The summed E-state index contributed by atoms with van der Waals surface area (Å²) < 4.78 is 18.1. The quantitative estimate of drug-likeness (QED) is 0.772. The maximum Gasteiger partial charge on any atom is 0.317 e. The van der Waals surface area contributed by atoms with E-state index in [0.29, 0.717) is 18.9 Å². The van der Waals surface area contributed by atoms with Crippen LogP contribution in [0.5, 0.6) is 5.75 Å². The van der Waals surface area contributed by atoms with Gasteiger partial charge < -0.3 is 9.84 Å². The van der Waals surface area contributed by atoms with Crippen molar-refractivity contribution in [3.05, 3.63) is 30.1 Å². The maximum absolute atomic E-state index is 12.7. The molecule has 0 aliphatic heterocycles. The zero-order valence-electron chi connectivity index (χ0n) is 10.4. The topological polar surface area (TPSA) is 49.8 Å². The van der Waals surface area contributed by atoms with Crippen molar-refractivity contribution in [3.63, 3.8) is 0 Å². The zero-order chi connectivity index (χ0) is 13.4. The largest absolute Gasteiger partial charge is 0.492 e. The highest BCUT2D eigenvalue weighted by atomic mass is 19.1. The van der Waals surface area contributed by atoms with Gasteiger partial charge in [0.15, 0.2) is 0 Å². The molecular formula is C13H18FNO3. The number of hydrogen-bond donors (Lipinski definition) is 1. The summed E-state index contributed by atoms with van der Waals surface area (Å²) in [6.07, 6.45) is 0.893. The van der Waals surface area contributed by atoms with Crippen LogP contribution in [0.1, 0.15) is 13.3 Å². The number of halogens is 1. The van der Waals surface area contributed by atoms with Gasteiger partial charge in [-0.25, -0.2) is 4.39 Å². The molecule has 4 nitrogen and oxygen atoms in total. The first-order valence-electron chi connectivity index (χ1n) is 5.94. The molecule has 18 heavy (non-hydrogen) atoms. The molecule has 0 aliphatic rings. The molecule has 1 rings (SSSR count). The van der Waals surface area contributed by atoms with Gasteiger partial charge in [0, 0.05) is 6.54 Å². The van der Waals surface area contributed by atoms with Gasteiger partial charge in [0.25, 0.3) is 0 Å². The highest BCUT2D eigenvalue weighted by Gasteiger charge is 2.08. The average Bonchev–Trinajstić information content (AvgIpc) is 2.31. The third-order valence-corrected chi connectivity index (χ3v) is 2.39. The summed E-state index contributed by atoms with van der Waals surface area (Å²) in [4.78, 5) is 12.4. The van der Waals surface area contributed by atoms with Crippen LogP contribution in [0, 0.1) is 5.82 Å². The van der Waals surface area contributed by atoms with Gasteiger partial charge in [0.2, 0.25) is 0 Å². The van der Waals surface area contributed by atoms with Gasteiger partial charge in [-0.3, -0.25) is 9.69 Å². The van der Waals surface area contributed by atoms with Crippen LogP contribution >= 0.6 is 0 Å². The minimum Gasteiger partial charge on any atom is -0.492 e. The van der Waals surface area contributed by atoms with E-state index in [1.165, 1.54) is 12.1 Å². The molecule has 0 spiro atoms. The molecule has 0 radical (unpaired) electrons. The number of carboxylic acids is 1. The molecule has 0 amide bonds. The van der Waals surface area contributed by atoms with Crippen LogP contribution in [-0.2, 0) is 4.79 Å². The van der Waals surface area contributed by atoms with Gasteiger partial charge in [-0.05, 0) is 37.2 Å². The lowest BCUT2D eigenvalue weighted by molar-refractivity contribution is -0.138. The number of rotatable bonds is 8. The molecule has 1 N–H and O–H groups in total. The SMILES string of the molecule is CCCN(CCOc1ccc(F)cc1)CC(=O)O. The zero-order valence-corrected chi connectivity index (χ0v) is 10.4. The summed E-state index contributed by atoms with van der Waals surface area (Å²) >= 11 is 0. The van der Waals surface area contributed by atoms with Crippen molar-refractivity contribution >= 4 is 5.97 Å². The van der Waals surface area contributed by atoms with Crippen LogP contribution in [0.15, 0.2) is 24.3 Å². The van der Waals surface area contributed by atoms with Crippen molar-refractivity contribution in [1.29, 1.82) is 0 Å². The van der Waals surface area contributed by atoms with Gasteiger partial charge in [0.1, 0.15) is 18.2 Å². The summed E-state index contributed by atoms with van der Waals surface area (Å²) in [6.45, 7) is 3.66. The second-order valence-corrected chi connectivity index (χ2v) is 3.97. The first-order chi connectivity index (χ1) is 8.61. The Morgan fingerprint density at radius 2 is 2.00 bits per heavy atom. The van der Waals surface area contributed by atoms with E-state index in [2.05, 4.69) is 0 Å². The number of hydrogen-bond acceptors (Lipinski definition) is 3. The first-order valence-corrected chi connectivity index (χ1v) is 5.94. The van der Waals surface area contributed by atoms with E-state index < -0.39 is 5.97 Å². The smallest absolute Gasteiger partial charge is 0.317 e. The van der Waals surface area contributed by atoms with Crippen molar-refractivity contribution in [1.82, 2.24) is 4.90 Å². The number of carboxylic acid groups (broad SMARTS) is 1. The van der Waals surface area contributed by atoms with E-state index in [0.717, 1.165) is 13.0 Å². The second kappa shape index (κ2) is 7.66. The molecule has 0 aromatic heterocycles. The Morgan fingerprint density at radius 3 is 2.56 bits per heavy atom. The van der Waals surface area contributed by atoms with Crippen LogP contribution in [0.25, 0.3) is 0 Å². The van der Waals surface area contributed by atoms with E-state index in [1.807, 2.05) is 11.8 Å². The Kier molecular flexibility index (Phi) is 6.14. The fraction of sp³-hybridized carbons (Fsp3) is 0.462. The Bertz CT molecular complexity index is 367. The third-order valence-electron chi connectivity index (χ3n) is 2.39. The van der Waals surface area contributed by atoms with Crippen molar-refractivity contribution in [2.75, 3.05) is 26.2 Å². The maximum atomic E-state index is 12.7. The monoisotopic (exact) mass is 255 g/mol. The van der Waals surface area contributed by atoms with Crippen LogP contribution in [0.3, 0.4) is 0 Å². The van der Waals surface area contributed by atoms with E-state index >= 15 is 0 Å². The molecule has 0 saturated heterocycles. The lowest BCUT2D eigenvalue weighted by atomic mass is 10.3. The first kappa shape index (κ1) is 14.4. The fourth-order valence-electron chi connectivity index (χ4n) is 1.60. The highest BCUT2D eigenvalue weighted by Crippen LogP contribution is 2.10. The number of nitrogens with zero attached hydrogens (tertiary/aromatic N) is 1. The summed E-state index contributed by atoms with van der Waals surface area (Å²) in [5.41, 5.74) is 0. The summed E-state index contributed by atoms with van der Waals surface area (Å²) in [6, 6.07) is 5.76. The molecule has 1 aromatic carbocycles. The lowest BCUT2D eigenvalue weighted by Crippen LogP contribution is -2.34. The number of ether oxygens (including phenoxy) is 1. The van der Waals surface area contributed by atoms with Gasteiger partial charge in [-0.1, -0.05) is 6.92 Å². The number of aliphatic carboxylic acids is 1. The van der Waals surface area contributed by atoms with Crippen molar-refractivity contribution in [3.8, 4) is 5.75 Å². The number of benzene rings is 1. The molecule has 100 valence electrons. The molecule has 1 aromatic rings. The van der Waals surface area contributed by atoms with Gasteiger partial charge >= 0.3 is 5.97 Å². The van der Waals surface area contributed by atoms with Crippen LogP contribution < -0.4 is 4.74 Å². The molecule has 0 heterocycles. The standard InChI is InChI=1S/C13H18FNO3/c1-2-7-15(10-13(16)17)8-9-18-12-5-3-11(14)4-6-12/h3-6H,2,7-10H2,1H3,(H,16,17). The number of carbonyl (C=O) groups is 1. The van der Waals surface area contributed by atoms with Crippen molar-refractivity contribution < 1.29 is 19.0 Å². The normalized spacial score (nSPS) is 10.6. The van der Waals surface area contributed by atoms with Crippen LogP contribution in [0.4, 0.5) is 4.39 Å². The average molecular weight is 255 g/mol. The second-order valence-electron chi connectivity index (χ2n) is 3.97. The van der Waals surface area contributed by atoms with E-state index in [4.69, 9.17) is 9.84 Å². The van der Waals surface area contributed by atoms with Crippen molar-refractivity contribution in [2.24, 2.45) is 0 Å². The van der Waals surface area contributed by atoms with Crippen molar-refractivity contribution in [2.45, 2.75) is 13.3 Å².